The van der Waals surface area contributed by atoms with Crippen LogP contribution in [-0.2, 0) is 6.54 Å². The quantitative estimate of drug-likeness (QED) is 0.539. The summed E-state index contributed by atoms with van der Waals surface area (Å²) in [6.07, 6.45) is 2.40. The summed E-state index contributed by atoms with van der Waals surface area (Å²) in [5.74, 6) is 2.21. The van der Waals surface area contributed by atoms with Crippen molar-refractivity contribution < 1.29 is 4.52 Å². The molecule has 5 rings (SSSR count). The fraction of sp³-hybridized carbons (Fsp3) is 0.455. The smallest absolute Gasteiger partial charge is 0.243 e. The van der Waals surface area contributed by atoms with Crippen LogP contribution in [-0.4, -0.2) is 46.1 Å². The molecule has 3 aromatic rings. The summed E-state index contributed by atoms with van der Waals surface area (Å²) in [7, 11) is 0. The molecule has 0 radical (unpaired) electrons. The average molecular weight is 429 g/mol. The summed E-state index contributed by atoms with van der Waals surface area (Å²) in [5, 5.41) is 4.98. The Morgan fingerprint density at radius 1 is 1.14 bits per heavy atom. The highest BCUT2D eigenvalue weighted by Gasteiger charge is 2.31. The van der Waals surface area contributed by atoms with Gasteiger partial charge >= 0.3 is 0 Å². The van der Waals surface area contributed by atoms with Gasteiger partial charge in [0.2, 0.25) is 5.89 Å². The van der Waals surface area contributed by atoms with E-state index in [0.29, 0.717) is 5.92 Å². The molecule has 1 saturated heterocycles. The van der Waals surface area contributed by atoms with Crippen molar-refractivity contribution in [1.29, 1.82) is 0 Å². The third-order valence-corrected chi connectivity index (χ3v) is 7.33. The lowest BCUT2D eigenvalue weighted by molar-refractivity contribution is 0.0850. The van der Waals surface area contributed by atoms with Crippen molar-refractivity contribution in [3.8, 4) is 10.4 Å². The summed E-state index contributed by atoms with van der Waals surface area (Å²) >= 11 is 8.19. The maximum absolute atomic E-state index is 6.35. The molecule has 1 atom stereocenters. The van der Waals surface area contributed by atoms with Crippen LogP contribution in [0.3, 0.4) is 0 Å². The first-order valence-corrected chi connectivity index (χ1v) is 11.5. The average Bonchev–Trinajstić information content (AvgIpc) is 3.29. The molecule has 29 heavy (non-hydrogen) atoms. The number of piperazine rings is 1. The Balaban J connectivity index is 1.16. The third-order valence-electron chi connectivity index (χ3n) is 5.89. The Morgan fingerprint density at radius 3 is 2.69 bits per heavy atom. The molecule has 1 aliphatic heterocycles. The SMILES string of the molecule is CC(c1nc(C2CC2)no1)N1CCN(Cc2ccc(-c3ccccc3Cl)s2)CC1. The predicted octanol–water partition coefficient (Wildman–Crippen LogP) is 5.21. The van der Waals surface area contributed by atoms with Crippen molar-refractivity contribution in [2.24, 2.45) is 0 Å². The molecule has 2 aromatic heterocycles. The Bertz CT molecular complexity index is 975. The lowest BCUT2D eigenvalue weighted by Gasteiger charge is -2.36. The molecule has 5 nitrogen and oxygen atoms in total. The standard InChI is InChI=1S/C22H25ClN4OS/c1-15(22-24-21(25-28-22)16-6-7-16)27-12-10-26(11-13-27)14-17-8-9-20(29-17)18-4-2-3-5-19(18)23/h2-5,8-9,15-16H,6-7,10-14H2,1H3. The molecule has 0 bridgehead atoms. The molecule has 1 unspecified atom stereocenters. The van der Waals surface area contributed by atoms with Crippen LogP contribution in [0.1, 0.15) is 48.3 Å². The van der Waals surface area contributed by atoms with E-state index in [1.807, 2.05) is 29.5 Å². The van der Waals surface area contributed by atoms with Crippen molar-refractivity contribution in [3.63, 3.8) is 0 Å². The van der Waals surface area contributed by atoms with Gasteiger partial charge < -0.3 is 4.52 Å². The number of rotatable bonds is 6. The van der Waals surface area contributed by atoms with E-state index in [-0.39, 0.29) is 6.04 Å². The van der Waals surface area contributed by atoms with E-state index in [4.69, 9.17) is 16.1 Å². The Morgan fingerprint density at radius 2 is 1.93 bits per heavy atom. The highest BCUT2D eigenvalue weighted by Crippen LogP contribution is 2.39. The minimum atomic E-state index is 0.186. The fourth-order valence-corrected chi connectivity index (χ4v) is 5.26. The first-order chi connectivity index (χ1) is 14.2. The maximum atomic E-state index is 6.35. The number of benzene rings is 1. The molecular formula is C22H25ClN4OS. The van der Waals surface area contributed by atoms with Crippen LogP contribution in [0.2, 0.25) is 5.02 Å². The predicted molar refractivity (Wildman–Crippen MR) is 116 cm³/mol. The summed E-state index contributed by atoms with van der Waals surface area (Å²) in [6.45, 7) is 7.30. The van der Waals surface area contributed by atoms with Crippen molar-refractivity contribution >= 4 is 22.9 Å². The van der Waals surface area contributed by atoms with Gasteiger partial charge in [-0.25, -0.2) is 0 Å². The zero-order valence-corrected chi connectivity index (χ0v) is 18.1. The zero-order valence-electron chi connectivity index (χ0n) is 16.6. The van der Waals surface area contributed by atoms with Crippen LogP contribution >= 0.6 is 22.9 Å². The number of thiophene rings is 1. The van der Waals surface area contributed by atoms with E-state index in [1.54, 1.807) is 0 Å². The van der Waals surface area contributed by atoms with Gasteiger partial charge in [0.15, 0.2) is 5.82 Å². The van der Waals surface area contributed by atoms with Gasteiger partial charge in [-0.15, -0.1) is 11.3 Å². The van der Waals surface area contributed by atoms with E-state index >= 15 is 0 Å². The number of hydrogen-bond donors (Lipinski definition) is 0. The minimum Gasteiger partial charge on any atom is -0.338 e. The third kappa shape index (κ3) is 4.26. The number of hydrogen-bond acceptors (Lipinski definition) is 6. The van der Waals surface area contributed by atoms with Crippen LogP contribution in [0.25, 0.3) is 10.4 Å². The summed E-state index contributed by atoms with van der Waals surface area (Å²) in [6, 6.07) is 12.7. The summed E-state index contributed by atoms with van der Waals surface area (Å²) < 4.78 is 5.53. The zero-order chi connectivity index (χ0) is 19.8. The number of nitrogens with zero attached hydrogens (tertiary/aromatic N) is 4. The molecule has 0 spiro atoms. The van der Waals surface area contributed by atoms with Crippen LogP contribution in [0.15, 0.2) is 40.9 Å². The molecule has 1 aliphatic carbocycles. The highest BCUT2D eigenvalue weighted by molar-refractivity contribution is 7.15. The molecular weight excluding hydrogens is 404 g/mol. The second kappa shape index (κ2) is 8.19. The Hall–Kier alpha value is -1.73. The lowest BCUT2D eigenvalue weighted by Crippen LogP contribution is -2.46. The molecule has 2 aliphatic rings. The second-order valence-electron chi connectivity index (χ2n) is 8.00. The molecule has 0 N–H and O–H groups in total. The normalized spacial score (nSPS) is 19.5. The number of halogens is 1. The van der Waals surface area contributed by atoms with E-state index in [9.17, 15) is 0 Å². The van der Waals surface area contributed by atoms with Gasteiger partial charge in [0.25, 0.3) is 0 Å². The topological polar surface area (TPSA) is 45.4 Å². The van der Waals surface area contributed by atoms with Crippen molar-refractivity contribution in [2.45, 2.75) is 38.3 Å². The van der Waals surface area contributed by atoms with Crippen LogP contribution in [0, 0.1) is 0 Å². The summed E-state index contributed by atoms with van der Waals surface area (Å²) in [5.41, 5.74) is 1.12. The largest absolute Gasteiger partial charge is 0.338 e. The highest BCUT2D eigenvalue weighted by atomic mass is 35.5. The van der Waals surface area contributed by atoms with Gasteiger partial charge in [0.1, 0.15) is 0 Å². The molecule has 0 amide bonds. The van der Waals surface area contributed by atoms with Gasteiger partial charge in [0.05, 0.1) is 6.04 Å². The van der Waals surface area contributed by atoms with Crippen molar-refractivity contribution in [3.05, 3.63) is 58.0 Å². The first-order valence-electron chi connectivity index (χ1n) is 10.3. The van der Waals surface area contributed by atoms with E-state index in [0.717, 1.165) is 55.0 Å². The molecule has 1 aromatic carbocycles. The van der Waals surface area contributed by atoms with Crippen LogP contribution < -0.4 is 0 Å². The molecule has 7 heteroatoms. The molecule has 2 fully saturated rings. The van der Waals surface area contributed by atoms with Gasteiger partial charge in [0, 0.05) is 59.0 Å². The number of aromatic nitrogens is 2. The molecule has 1 saturated carbocycles. The van der Waals surface area contributed by atoms with Gasteiger partial charge in [-0.1, -0.05) is 35.0 Å². The second-order valence-corrected chi connectivity index (χ2v) is 9.57. The van der Waals surface area contributed by atoms with Gasteiger partial charge in [-0.05, 0) is 38.0 Å². The fourth-order valence-electron chi connectivity index (χ4n) is 3.88. The maximum Gasteiger partial charge on any atom is 0.243 e. The lowest BCUT2D eigenvalue weighted by atomic mass is 10.2. The van der Waals surface area contributed by atoms with E-state index in [1.165, 1.54) is 22.6 Å². The Kier molecular flexibility index (Phi) is 5.43. The van der Waals surface area contributed by atoms with Crippen molar-refractivity contribution in [1.82, 2.24) is 19.9 Å². The van der Waals surface area contributed by atoms with Gasteiger partial charge in [-0.2, -0.15) is 4.98 Å². The monoisotopic (exact) mass is 428 g/mol. The minimum absolute atomic E-state index is 0.186. The van der Waals surface area contributed by atoms with Crippen LogP contribution in [0.4, 0.5) is 0 Å². The first kappa shape index (κ1) is 19.2. The molecule has 3 heterocycles. The van der Waals surface area contributed by atoms with Crippen LogP contribution in [0.5, 0.6) is 0 Å². The molecule has 152 valence electrons. The van der Waals surface area contributed by atoms with Crippen molar-refractivity contribution in [2.75, 3.05) is 26.2 Å². The van der Waals surface area contributed by atoms with E-state index < -0.39 is 0 Å². The Labute approximate surface area is 180 Å². The van der Waals surface area contributed by atoms with E-state index in [2.05, 4.69) is 45.1 Å². The van der Waals surface area contributed by atoms with Gasteiger partial charge in [-0.3, -0.25) is 9.80 Å². The summed E-state index contributed by atoms with van der Waals surface area (Å²) in [4.78, 5) is 12.2.